The first-order valence-corrected chi connectivity index (χ1v) is 7.60. The number of nitrogens with zero attached hydrogens (tertiary/aromatic N) is 3. The predicted octanol–water partition coefficient (Wildman–Crippen LogP) is 2.46. The van der Waals surface area contributed by atoms with Crippen molar-refractivity contribution >= 4 is 22.6 Å². The summed E-state index contributed by atoms with van der Waals surface area (Å²) in [5.74, 6) is -0.0279. The fourth-order valence-electron chi connectivity index (χ4n) is 3.21. The van der Waals surface area contributed by atoms with Gasteiger partial charge in [-0.3, -0.25) is 0 Å². The molecule has 1 aliphatic rings. The van der Waals surface area contributed by atoms with Gasteiger partial charge in [-0.1, -0.05) is 12.1 Å². The van der Waals surface area contributed by atoms with Crippen molar-refractivity contribution in [2.75, 3.05) is 32.1 Å². The SMILES string of the molecule is CN1CCC(N(C)c2nccc3c(C(=O)O)cccc23)CC1. The van der Waals surface area contributed by atoms with Gasteiger partial charge in [0, 0.05) is 30.1 Å². The molecule has 22 heavy (non-hydrogen) atoms. The fraction of sp³-hybridized carbons (Fsp3) is 0.412. The summed E-state index contributed by atoms with van der Waals surface area (Å²) < 4.78 is 0. The van der Waals surface area contributed by atoms with Gasteiger partial charge in [0.2, 0.25) is 0 Å². The van der Waals surface area contributed by atoms with Gasteiger partial charge in [0.15, 0.2) is 0 Å². The first-order chi connectivity index (χ1) is 10.6. The topological polar surface area (TPSA) is 56.7 Å². The van der Waals surface area contributed by atoms with E-state index < -0.39 is 5.97 Å². The minimum atomic E-state index is -0.898. The molecule has 0 radical (unpaired) electrons. The van der Waals surface area contributed by atoms with Crippen molar-refractivity contribution in [2.45, 2.75) is 18.9 Å². The normalized spacial score (nSPS) is 16.8. The van der Waals surface area contributed by atoms with Gasteiger partial charge in [-0.2, -0.15) is 0 Å². The highest BCUT2D eigenvalue weighted by Gasteiger charge is 2.23. The van der Waals surface area contributed by atoms with Gasteiger partial charge in [-0.15, -0.1) is 0 Å². The molecule has 1 saturated heterocycles. The number of rotatable bonds is 3. The summed E-state index contributed by atoms with van der Waals surface area (Å²) in [6.07, 6.45) is 3.91. The second-order valence-electron chi connectivity index (χ2n) is 5.99. The second-order valence-corrected chi connectivity index (χ2v) is 5.99. The lowest BCUT2D eigenvalue weighted by atomic mass is 10.0. The average molecular weight is 299 g/mol. The van der Waals surface area contributed by atoms with Crippen molar-refractivity contribution in [3.63, 3.8) is 0 Å². The number of hydrogen-bond donors (Lipinski definition) is 1. The van der Waals surface area contributed by atoms with Crippen molar-refractivity contribution in [1.29, 1.82) is 0 Å². The molecule has 0 unspecified atom stereocenters. The van der Waals surface area contributed by atoms with E-state index in [0.717, 1.165) is 42.5 Å². The highest BCUT2D eigenvalue weighted by molar-refractivity contribution is 6.06. The van der Waals surface area contributed by atoms with Crippen molar-refractivity contribution in [3.8, 4) is 0 Å². The Balaban J connectivity index is 2.00. The zero-order chi connectivity index (χ0) is 15.7. The Hall–Kier alpha value is -2.14. The van der Waals surface area contributed by atoms with Gasteiger partial charge in [-0.05, 0) is 45.1 Å². The number of piperidine rings is 1. The molecular formula is C17H21N3O2. The van der Waals surface area contributed by atoms with Crippen LogP contribution in [0.1, 0.15) is 23.2 Å². The molecule has 1 aliphatic heterocycles. The molecule has 0 atom stereocenters. The van der Waals surface area contributed by atoms with Crippen LogP contribution < -0.4 is 4.90 Å². The van der Waals surface area contributed by atoms with Crippen LogP contribution in [-0.4, -0.2) is 54.2 Å². The number of carboxylic acid groups (broad SMARTS) is 1. The zero-order valence-corrected chi connectivity index (χ0v) is 13.0. The number of fused-ring (bicyclic) bond motifs is 1. The second kappa shape index (κ2) is 5.93. The quantitative estimate of drug-likeness (QED) is 0.943. The lowest BCUT2D eigenvalue weighted by Gasteiger charge is -2.36. The number of benzene rings is 1. The molecule has 116 valence electrons. The molecule has 1 N–H and O–H groups in total. The molecule has 0 aliphatic carbocycles. The van der Waals surface area contributed by atoms with Gasteiger partial charge in [-0.25, -0.2) is 9.78 Å². The molecule has 0 spiro atoms. The summed E-state index contributed by atoms with van der Waals surface area (Å²) in [6.45, 7) is 2.17. The van der Waals surface area contributed by atoms with Crippen LogP contribution >= 0.6 is 0 Å². The Morgan fingerprint density at radius 1 is 1.27 bits per heavy atom. The maximum absolute atomic E-state index is 11.4. The van der Waals surface area contributed by atoms with E-state index in [2.05, 4.69) is 28.9 Å². The van der Waals surface area contributed by atoms with E-state index in [-0.39, 0.29) is 0 Å². The molecule has 1 aromatic carbocycles. The summed E-state index contributed by atoms with van der Waals surface area (Å²) in [7, 11) is 4.21. The van der Waals surface area contributed by atoms with Crippen molar-refractivity contribution < 1.29 is 9.90 Å². The number of carboxylic acids is 1. The molecule has 0 amide bonds. The van der Waals surface area contributed by atoms with E-state index in [1.54, 1.807) is 24.4 Å². The molecule has 2 aromatic rings. The first-order valence-electron chi connectivity index (χ1n) is 7.60. The molecule has 2 heterocycles. The molecular weight excluding hydrogens is 278 g/mol. The molecule has 3 rings (SSSR count). The first kappa shape index (κ1) is 14.8. The lowest BCUT2D eigenvalue weighted by Crippen LogP contribution is -2.42. The fourth-order valence-corrected chi connectivity index (χ4v) is 3.21. The number of pyridine rings is 1. The zero-order valence-electron chi connectivity index (χ0n) is 13.0. The molecule has 0 saturated carbocycles. The molecule has 5 heteroatoms. The standard InChI is InChI=1S/C17H21N3O2/c1-19-10-7-12(8-11-19)20(2)16-14-4-3-5-15(17(21)22)13(14)6-9-18-16/h3-6,9,12H,7-8,10-11H2,1-2H3,(H,21,22). The Morgan fingerprint density at radius 3 is 2.68 bits per heavy atom. The summed E-state index contributed by atoms with van der Waals surface area (Å²) in [5.41, 5.74) is 0.331. The molecule has 1 fully saturated rings. The number of anilines is 1. The molecule has 5 nitrogen and oxygen atoms in total. The Bertz CT molecular complexity index is 693. The van der Waals surface area contributed by atoms with E-state index in [4.69, 9.17) is 0 Å². The van der Waals surface area contributed by atoms with Gasteiger partial charge in [0.1, 0.15) is 5.82 Å². The van der Waals surface area contributed by atoms with Gasteiger partial charge in [0.25, 0.3) is 0 Å². The monoisotopic (exact) mass is 299 g/mol. The van der Waals surface area contributed by atoms with E-state index in [0.29, 0.717) is 11.6 Å². The number of aromatic carboxylic acids is 1. The van der Waals surface area contributed by atoms with Crippen LogP contribution in [0, 0.1) is 0 Å². The molecule has 1 aromatic heterocycles. The van der Waals surface area contributed by atoms with Crippen LogP contribution in [0.3, 0.4) is 0 Å². The van der Waals surface area contributed by atoms with Crippen molar-refractivity contribution in [2.24, 2.45) is 0 Å². The summed E-state index contributed by atoms with van der Waals surface area (Å²) in [4.78, 5) is 20.5. The highest BCUT2D eigenvalue weighted by Crippen LogP contribution is 2.29. The van der Waals surface area contributed by atoms with E-state index >= 15 is 0 Å². The largest absolute Gasteiger partial charge is 0.478 e. The summed E-state index contributed by atoms with van der Waals surface area (Å²) >= 11 is 0. The predicted molar refractivity (Wildman–Crippen MR) is 87.6 cm³/mol. The van der Waals surface area contributed by atoms with Crippen LogP contribution in [0.15, 0.2) is 30.5 Å². The molecule has 0 bridgehead atoms. The van der Waals surface area contributed by atoms with E-state index in [1.165, 1.54) is 0 Å². The van der Waals surface area contributed by atoms with E-state index in [1.807, 2.05) is 6.07 Å². The van der Waals surface area contributed by atoms with Crippen molar-refractivity contribution in [3.05, 3.63) is 36.0 Å². The van der Waals surface area contributed by atoms with Crippen LogP contribution in [-0.2, 0) is 0 Å². The highest BCUT2D eigenvalue weighted by atomic mass is 16.4. The van der Waals surface area contributed by atoms with E-state index in [9.17, 15) is 9.90 Å². The van der Waals surface area contributed by atoms with Gasteiger partial charge >= 0.3 is 5.97 Å². The summed E-state index contributed by atoms with van der Waals surface area (Å²) in [6, 6.07) is 7.62. The minimum Gasteiger partial charge on any atom is -0.478 e. The van der Waals surface area contributed by atoms with Gasteiger partial charge in [0.05, 0.1) is 5.56 Å². The number of carbonyl (C=O) groups is 1. The van der Waals surface area contributed by atoms with Crippen molar-refractivity contribution in [1.82, 2.24) is 9.88 Å². The van der Waals surface area contributed by atoms with Crippen LogP contribution in [0.25, 0.3) is 10.8 Å². The average Bonchev–Trinajstić information content (AvgIpc) is 2.53. The van der Waals surface area contributed by atoms with Crippen LogP contribution in [0.4, 0.5) is 5.82 Å². The van der Waals surface area contributed by atoms with Gasteiger partial charge < -0.3 is 14.9 Å². The lowest BCUT2D eigenvalue weighted by molar-refractivity contribution is 0.0699. The van der Waals surface area contributed by atoms with Crippen LogP contribution in [0.2, 0.25) is 0 Å². The number of likely N-dealkylation sites (tertiary alicyclic amines) is 1. The number of hydrogen-bond acceptors (Lipinski definition) is 4. The Labute approximate surface area is 130 Å². The minimum absolute atomic E-state index is 0.331. The number of aromatic nitrogens is 1. The Morgan fingerprint density at radius 2 is 2.00 bits per heavy atom. The Kier molecular flexibility index (Phi) is 3.98. The smallest absolute Gasteiger partial charge is 0.336 e. The van der Waals surface area contributed by atoms with Crippen LogP contribution in [0.5, 0.6) is 0 Å². The third-order valence-electron chi connectivity index (χ3n) is 4.59. The summed E-state index contributed by atoms with van der Waals surface area (Å²) in [5, 5.41) is 11.0. The maximum Gasteiger partial charge on any atom is 0.336 e. The third-order valence-corrected chi connectivity index (χ3v) is 4.59. The maximum atomic E-state index is 11.4. The third kappa shape index (κ3) is 2.64.